The first kappa shape index (κ1) is 26.5. The van der Waals surface area contributed by atoms with Crippen molar-refractivity contribution in [3.63, 3.8) is 0 Å². The van der Waals surface area contributed by atoms with E-state index in [2.05, 4.69) is 41.8 Å². The maximum atomic E-state index is 11.0. The second-order valence-corrected chi connectivity index (χ2v) is 9.07. The molecule has 0 saturated carbocycles. The van der Waals surface area contributed by atoms with Crippen molar-refractivity contribution in [2.45, 2.75) is 33.5 Å². The summed E-state index contributed by atoms with van der Waals surface area (Å²) in [5, 5.41) is 9.31. The van der Waals surface area contributed by atoms with Crippen LogP contribution in [0.25, 0.3) is 22.1 Å². The van der Waals surface area contributed by atoms with Crippen LogP contribution in [0.15, 0.2) is 45.3 Å². The molecule has 0 saturated heterocycles. The maximum Gasteiger partial charge on any atom is 0.185 e. The fourth-order valence-corrected chi connectivity index (χ4v) is 4.25. The summed E-state index contributed by atoms with van der Waals surface area (Å²) in [4.78, 5) is 19.6. The van der Waals surface area contributed by atoms with Gasteiger partial charge in [-0.2, -0.15) is 0 Å². The molecular weight excluding hydrogens is 568 g/mol. The second kappa shape index (κ2) is 13.1. The fourth-order valence-electron chi connectivity index (χ4n) is 3.56. The van der Waals surface area contributed by atoms with Crippen LogP contribution in [0, 0.1) is 0 Å². The van der Waals surface area contributed by atoms with Crippen LogP contribution in [0.3, 0.4) is 0 Å². The first-order valence-electron chi connectivity index (χ1n) is 11.0. The van der Waals surface area contributed by atoms with E-state index in [1.165, 1.54) is 0 Å². The molecule has 182 valence electrons. The largest absolute Gasteiger partial charge is 0.388 e. The number of aldehydes is 1. The summed E-state index contributed by atoms with van der Waals surface area (Å²) >= 11 is 6.86. The van der Waals surface area contributed by atoms with Gasteiger partial charge in [0.25, 0.3) is 0 Å². The number of rotatable bonds is 10. The van der Waals surface area contributed by atoms with Gasteiger partial charge in [-0.1, -0.05) is 31.9 Å². The van der Waals surface area contributed by atoms with Crippen LogP contribution >= 0.6 is 31.9 Å². The predicted octanol–water partition coefficient (Wildman–Crippen LogP) is 4.98. The van der Waals surface area contributed by atoms with E-state index in [0.717, 1.165) is 37.3 Å². The Morgan fingerprint density at radius 2 is 1.41 bits per heavy atom. The van der Waals surface area contributed by atoms with Crippen LogP contribution in [0.4, 0.5) is 0 Å². The molecule has 4 aromatic rings. The summed E-state index contributed by atoms with van der Waals surface area (Å²) < 4.78 is 16.5. The van der Waals surface area contributed by atoms with Crippen molar-refractivity contribution >= 4 is 60.2 Å². The average Bonchev–Trinajstić information content (AvgIpc) is 3.37. The van der Waals surface area contributed by atoms with Gasteiger partial charge in [0.2, 0.25) is 0 Å². The van der Waals surface area contributed by atoms with Gasteiger partial charge < -0.3 is 23.7 Å². The van der Waals surface area contributed by atoms with Crippen molar-refractivity contribution in [1.29, 1.82) is 0 Å². The average molecular weight is 596 g/mol. The number of imidazole rings is 2. The Balaban J connectivity index is 0.000000191. The van der Waals surface area contributed by atoms with Crippen molar-refractivity contribution in [1.82, 2.24) is 19.1 Å². The van der Waals surface area contributed by atoms with Gasteiger partial charge >= 0.3 is 0 Å². The Labute approximate surface area is 215 Å². The van der Waals surface area contributed by atoms with E-state index in [1.54, 1.807) is 0 Å². The number of hydrogen-bond acceptors (Lipinski definition) is 6. The summed E-state index contributed by atoms with van der Waals surface area (Å²) in [5.74, 6) is 1.12. The number of fused-ring (bicyclic) bond motifs is 2. The smallest absolute Gasteiger partial charge is 0.185 e. The van der Waals surface area contributed by atoms with Crippen molar-refractivity contribution in [3.8, 4) is 0 Å². The zero-order valence-electron chi connectivity index (χ0n) is 19.2. The molecule has 2 aromatic carbocycles. The van der Waals surface area contributed by atoms with Crippen molar-refractivity contribution in [2.75, 3.05) is 26.4 Å². The van der Waals surface area contributed by atoms with Crippen LogP contribution in [0.2, 0.25) is 0 Å². The Morgan fingerprint density at radius 1 is 0.882 bits per heavy atom. The Morgan fingerprint density at radius 3 is 1.94 bits per heavy atom. The molecule has 0 aliphatic rings. The number of carbonyl (C=O) groups is 1. The molecule has 8 nitrogen and oxygen atoms in total. The van der Waals surface area contributed by atoms with Crippen molar-refractivity contribution < 1.29 is 19.4 Å². The summed E-state index contributed by atoms with van der Waals surface area (Å²) in [6.07, 6.45) is 0.778. The minimum atomic E-state index is -0.0571. The normalized spacial score (nSPS) is 11.1. The highest BCUT2D eigenvalue weighted by Gasteiger charge is 2.11. The van der Waals surface area contributed by atoms with E-state index in [0.29, 0.717) is 51.2 Å². The Hall–Kier alpha value is -2.11. The van der Waals surface area contributed by atoms with E-state index < -0.39 is 0 Å². The maximum absolute atomic E-state index is 11.0. The Kier molecular flexibility index (Phi) is 10.2. The summed E-state index contributed by atoms with van der Waals surface area (Å²) in [7, 11) is 0. The first-order valence-corrected chi connectivity index (χ1v) is 12.6. The molecule has 10 heteroatoms. The molecule has 1 N–H and O–H groups in total. The number of aliphatic hydroxyl groups excluding tert-OH is 1. The minimum absolute atomic E-state index is 0.0571. The van der Waals surface area contributed by atoms with Crippen LogP contribution in [-0.4, -0.2) is 56.9 Å². The van der Waals surface area contributed by atoms with Gasteiger partial charge in [-0.25, -0.2) is 9.97 Å². The van der Waals surface area contributed by atoms with E-state index in [-0.39, 0.29) is 6.61 Å². The number of ether oxygens (including phenoxy) is 2. The highest BCUT2D eigenvalue weighted by molar-refractivity contribution is 9.10. The lowest BCUT2D eigenvalue weighted by Crippen LogP contribution is -2.09. The summed E-state index contributed by atoms with van der Waals surface area (Å²) in [6, 6.07) is 11.7. The van der Waals surface area contributed by atoms with Crippen LogP contribution < -0.4 is 0 Å². The third-order valence-corrected chi connectivity index (χ3v) is 6.09. The van der Waals surface area contributed by atoms with Gasteiger partial charge in [0.15, 0.2) is 12.1 Å². The number of benzene rings is 2. The standard InChI is InChI=1S/C12H15BrN2O2.C12H13BrN2O2/c2*1-2-17-6-5-15-11-7-9(13)3-4-10(11)14-12(15)8-16/h3-4,7,16H,2,5-6,8H2,1H3;3-4,7-8H,2,5-6H2,1H3. The molecule has 0 aliphatic heterocycles. The number of carbonyl (C=O) groups excluding carboxylic acids is 1. The molecule has 0 amide bonds. The quantitative estimate of drug-likeness (QED) is 0.205. The monoisotopic (exact) mass is 594 g/mol. The summed E-state index contributed by atoms with van der Waals surface area (Å²) in [6.45, 7) is 7.77. The lowest BCUT2D eigenvalue weighted by Gasteiger charge is -2.07. The fraction of sp³-hybridized carbons (Fsp3) is 0.375. The topological polar surface area (TPSA) is 91.4 Å². The third-order valence-electron chi connectivity index (χ3n) is 5.10. The van der Waals surface area contributed by atoms with Crippen LogP contribution in [0.5, 0.6) is 0 Å². The molecule has 0 spiro atoms. The molecule has 34 heavy (non-hydrogen) atoms. The predicted molar refractivity (Wildman–Crippen MR) is 139 cm³/mol. The number of nitrogens with zero attached hydrogens (tertiary/aromatic N) is 4. The first-order chi connectivity index (χ1) is 16.5. The van der Waals surface area contributed by atoms with E-state index in [4.69, 9.17) is 9.47 Å². The molecule has 2 heterocycles. The SMILES string of the molecule is CCOCCn1c(C=O)nc2ccc(Br)cc21.CCOCCn1c(CO)nc2ccc(Br)cc21. The van der Waals surface area contributed by atoms with E-state index in [1.807, 2.05) is 59.4 Å². The molecular formula is C24H28Br2N4O4. The van der Waals surface area contributed by atoms with Crippen molar-refractivity contribution in [2.24, 2.45) is 0 Å². The van der Waals surface area contributed by atoms with Gasteiger partial charge in [0.05, 0.1) is 35.3 Å². The van der Waals surface area contributed by atoms with Gasteiger partial charge in [0.1, 0.15) is 12.4 Å². The van der Waals surface area contributed by atoms with Crippen LogP contribution in [0.1, 0.15) is 30.3 Å². The molecule has 0 bridgehead atoms. The van der Waals surface area contributed by atoms with Gasteiger partial charge in [-0.15, -0.1) is 0 Å². The van der Waals surface area contributed by atoms with Crippen molar-refractivity contribution in [3.05, 3.63) is 57.0 Å². The molecule has 4 rings (SSSR count). The lowest BCUT2D eigenvalue weighted by molar-refractivity contribution is 0.110. The van der Waals surface area contributed by atoms with Gasteiger partial charge in [-0.3, -0.25) is 4.79 Å². The molecule has 2 aromatic heterocycles. The molecule has 0 aliphatic carbocycles. The zero-order chi connectivity index (χ0) is 24.5. The van der Waals surface area contributed by atoms with E-state index >= 15 is 0 Å². The molecule has 0 unspecified atom stereocenters. The lowest BCUT2D eigenvalue weighted by atomic mass is 10.3. The second-order valence-electron chi connectivity index (χ2n) is 7.24. The van der Waals surface area contributed by atoms with E-state index in [9.17, 15) is 9.90 Å². The number of hydrogen-bond donors (Lipinski definition) is 1. The molecule has 0 atom stereocenters. The van der Waals surface area contributed by atoms with Crippen LogP contribution in [-0.2, 0) is 29.2 Å². The number of halogens is 2. The van der Waals surface area contributed by atoms with Gasteiger partial charge in [-0.05, 0) is 50.2 Å². The number of aromatic nitrogens is 4. The number of aliphatic hydroxyl groups is 1. The molecule has 0 fully saturated rings. The molecule has 0 radical (unpaired) electrons. The third kappa shape index (κ3) is 6.51. The highest BCUT2D eigenvalue weighted by Crippen LogP contribution is 2.22. The van der Waals surface area contributed by atoms with Gasteiger partial charge in [0, 0.05) is 35.2 Å². The zero-order valence-corrected chi connectivity index (χ0v) is 22.4. The highest BCUT2D eigenvalue weighted by atomic mass is 79.9. The minimum Gasteiger partial charge on any atom is -0.388 e. The summed E-state index contributed by atoms with van der Waals surface area (Å²) in [5.41, 5.74) is 3.69. The Bertz CT molecular complexity index is 1240.